The molecule has 0 bridgehead atoms. The minimum absolute atomic E-state index is 0.203. The second kappa shape index (κ2) is 5.91. The SMILES string of the molecule is O=C(N[C@@]1(C(F)(F)F)NC(=O)N(Cc2ccccc2Cl)C1=O)C1CC1. The molecule has 6 nitrogen and oxygen atoms in total. The minimum atomic E-state index is -5.19. The summed E-state index contributed by atoms with van der Waals surface area (Å²) in [5.74, 6) is -3.06. The number of imide groups is 1. The molecule has 0 spiro atoms. The van der Waals surface area contributed by atoms with Gasteiger partial charge in [-0.3, -0.25) is 19.8 Å². The summed E-state index contributed by atoms with van der Waals surface area (Å²) in [4.78, 5) is 36.7. The predicted molar refractivity (Wildman–Crippen MR) is 80.2 cm³/mol. The van der Waals surface area contributed by atoms with Crippen LogP contribution in [-0.4, -0.2) is 34.6 Å². The fourth-order valence-corrected chi connectivity index (χ4v) is 2.69. The molecule has 0 radical (unpaired) electrons. The van der Waals surface area contributed by atoms with E-state index in [9.17, 15) is 27.6 Å². The number of carbonyl (C=O) groups is 3. The van der Waals surface area contributed by atoms with Crippen LogP contribution >= 0.6 is 11.6 Å². The van der Waals surface area contributed by atoms with Gasteiger partial charge in [0, 0.05) is 10.9 Å². The minimum Gasteiger partial charge on any atom is -0.318 e. The summed E-state index contributed by atoms with van der Waals surface area (Å²) in [6.45, 7) is -0.443. The third-order valence-corrected chi connectivity index (χ3v) is 4.44. The van der Waals surface area contributed by atoms with Crippen LogP contribution in [-0.2, 0) is 16.1 Å². The second-order valence-electron chi connectivity index (χ2n) is 5.92. The van der Waals surface area contributed by atoms with Crippen molar-refractivity contribution in [3.8, 4) is 0 Å². The van der Waals surface area contributed by atoms with Gasteiger partial charge in [-0.15, -0.1) is 0 Å². The summed E-state index contributed by atoms with van der Waals surface area (Å²) in [5.41, 5.74) is -3.15. The first-order valence-electron chi connectivity index (χ1n) is 7.42. The number of benzene rings is 1. The maximum atomic E-state index is 13.6. The molecule has 0 unspecified atom stereocenters. The number of amides is 4. The van der Waals surface area contributed by atoms with Crippen LogP contribution in [0.3, 0.4) is 0 Å². The van der Waals surface area contributed by atoms with Gasteiger partial charge in [0.15, 0.2) is 0 Å². The molecule has 2 fully saturated rings. The van der Waals surface area contributed by atoms with Gasteiger partial charge in [0.1, 0.15) is 0 Å². The van der Waals surface area contributed by atoms with Crippen LogP contribution in [0.5, 0.6) is 0 Å². The summed E-state index contributed by atoms with van der Waals surface area (Å²) in [6.07, 6.45) is -4.30. The normalized spacial score (nSPS) is 23.6. The van der Waals surface area contributed by atoms with Crippen LogP contribution in [0.4, 0.5) is 18.0 Å². The van der Waals surface area contributed by atoms with Crippen molar-refractivity contribution in [2.75, 3.05) is 0 Å². The largest absolute Gasteiger partial charge is 0.440 e. The Bertz CT molecular complexity index is 751. The van der Waals surface area contributed by atoms with Gasteiger partial charge in [-0.2, -0.15) is 13.2 Å². The molecule has 0 aromatic heterocycles. The number of rotatable bonds is 4. The topological polar surface area (TPSA) is 78.5 Å². The van der Waals surface area contributed by atoms with Gasteiger partial charge in [-0.05, 0) is 24.5 Å². The number of urea groups is 1. The molecule has 1 heterocycles. The maximum Gasteiger partial charge on any atom is 0.440 e. The average Bonchev–Trinajstić information content (AvgIpc) is 3.33. The lowest BCUT2D eigenvalue weighted by Gasteiger charge is -2.29. The Morgan fingerprint density at radius 3 is 2.52 bits per heavy atom. The van der Waals surface area contributed by atoms with Crippen molar-refractivity contribution in [2.24, 2.45) is 5.92 Å². The van der Waals surface area contributed by atoms with E-state index < -0.39 is 42.1 Å². The van der Waals surface area contributed by atoms with E-state index in [-0.39, 0.29) is 5.02 Å². The molecule has 10 heteroatoms. The molecule has 2 aliphatic rings. The molecule has 1 atom stereocenters. The molecule has 134 valence electrons. The van der Waals surface area contributed by atoms with E-state index in [1.54, 1.807) is 22.8 Å². The van der Waals surface area contributed by atoms with E-state index in [0.29, 0.717) is 23.3 Å². The van der Waals surface area contributed by atoms with Crippen molar-refractivity contribution in [3.05, 3.63) is 34.9 Å². The van der Waals surface area contributed by atoms with Gasteiger partial charge >= 0.3 is 12.2 Å². The highest BCUT2D eigenvalue weighted by molar-refractivity contribution is 6.31. The highest BCUT2D eigenvalue weighted by Crippen LogP contribution is 2.37. The fraction of sp³-hybridized carbons (Fsp3) is 0.400. The van der Waals surface area contributed by atoms with Crippen molar-refractivity contribution in [1.82, 2.24) is 15.5 Å². The Hall–Kier alpha value is -2.29. The Morgan fingerprint density at radius 2 is 1.96 bits per heavy atom. The van der Waals surface area contributed by atoms with Crippen LogP contribution in [0.25, 0.3) is 0 Å². The van der Waals surface area contributed by atoms with Gasteiger partial charge in [-0.1, -0.05) is 29.8 Å². The van der Waals surface area contributed by atoms with Crippen molar-refractivity contribution in [2.45, 2.75) is 31.2 Å². The molecule has 1 aromatic carbocycles. The van der Waals surface area contributed by atoms with Gasteiger partial charge < -0.3 is 5.32 Å². The number of alkyl halides is 3. The summed E-state index contributed by atoms with van der Waals surface area (Å²) in [7, 11) is 0. The van der Waals surface area contributed by atoms with Crippen molar-refractivity contribution in [3.63, 3.8) is 0 Å². The van der Waals surface area contributed by atoms with E-state index in [0.717, 1.165) is 0 Å². The van der Waals surface area contributed by atoms with Crippen LogP contribution in [0, 0.1) is 5.92 Å². The average molecular weight is 376 g/mol. The van der Waals surface area contributed by atoms with Crippen molar-refractivity contribution < 1.29 is 27.6 Å². The molecule has 25 heavy (non-hydrogen) atoms. The fourth-order valence-electron chi connectivity index (χ4n) is 2.50. The number of halogens is 4. The molecule has 3 rings (SSSR count). The lowest BCUT2D eigenvalue weighted by Crippen LogP contribution is -2.69. The van der Waals surface area contributed by atoms with Gasteiger partial charge in [0.05, 0.1) is 6.54 Å². The summed E-state index contributed by atoms with van der Waals surface area (Å²) >= 11 is 5.93. The summed E-state index contributed by atoms with van der Waals surface area (Å²) in [5, 5.41) is 3.49. The Morgan fingerprint density at radius 1 is 1.32 bits per heavy atom. The predicted octanol–water partition coefficient (Wildman–Crippen LogP) is 2.18. The highest BCUT2D eigenvalue weighted by Gasteiger charge is 2.69. The van der Waals surface area contributed by atoms with Crippen LogP contribution < -0.4 is 10.6 Å². The molecular weight excluding hydrogens is 363 g/mol. The van der Waals surface area contributed by atoms with E-state index in [1.807, 2.05) is 0 Å². The monoisotopic (exact) mass is 375 g/mol. The first kappa shape index (κ1) is 17.5. The number of nitrogens with zero attached hydrogens (tertiary/aromatic N) is 1. The Kier molecular flexibility index (Phi) is 4.14. The molecule has 1 aromatic rings. The molecule has 1 saturated carbocycles. The van der Waals surface area contributed by atoms with Crippen molar-refractivity contribution >= 4 is 29.4 Å². The summed E-state index contributed by atoms with van der Waals surface area (Å²) < 4.78 is 40.7. The highest BCUT2D eigenvalue weighted by atomic mass is 35.5. The quantitative estimate of drug-likeness (QED) is 0.792. The van der Waals surface area contributed by atoms with Crippen LogP contribution in [0.1, 0.15) is 18.4 Å². The van der Waals surface area contributed by atoms with Crippen molar-refractivity contribution in [1.29, 1.82) is 0 Å². The Balaban J connectivity index is 1.90. The molecule has 2 N–H and O–H groups in total. The molecule has 1 saturated heterocycles. The van der Waals surface area contributed by atoms with Crippen LogP contribution in [0.2, 0.25) is 5.02 Å². The van der Waals surface area contributed by atoms with Crippen LogP contribution in [0.15, 0.2) is 24.3 Å². The number of hydrogen-bond donors (Lipinski definition) is 2. The number of hydrogen-bond acceptors (Lipinski definition) is 3. The standard InChI is InChI=1S/C15H13ClF3N3O3/c16-10-4-2-1-3-9(10)7-22-12(24)14(15(17,18)19,21-13(22)25)20-11(23)8-5-6-8/h1-4,8H,5-7H2,(H,20,23)(H,21,25)/t14-/m1/s1. The smallest absolute Gasteiger partial charge is 0.318 e. The van der Waals surface area contributed by atoms with E-state index in [4.69, 9.17) is 11.6 Å². The molecule has 1 aliphatic carbocycles. The van der Waals surface area contributed by atoms with Gasteiger partial charge in [0.25, 0.3) is 11.6 Å². The third-order valence-electron chi connectivity index (χ3n) is 4.08. The number of carbonyl (C=O) groups excluding carboxylic acids is 3. The first-order chi connectivity index (χ1) is 11.7. The number of nitrogens with one attached hydrogen (secondary N) is 2. The van der Waals surface area contributed by atoms with E-state index in [2.05, 4.69) is 0 Å². The Labute approximate surface area is 145 Å². The second-order valence-corrected chi connectivity index (χ2v) is 6.33. The first-order valence-corrected chi connectivity index (χ1v) is 7.80. The van der Waals surface area contributed by atoms with Gasteiger partial charge in [-0.25, -0.2) is 4.79 Å². The molecule has 1 aliphatic heterocycles. The zero-order valence-corrected chi connectivity index (χ0v) is 13.4. The zero-order chi connectivity index (χ0) is 18.4. The molecular formula is C15H13ClF3N3O3. The summed E-state index contributed by atoms with van der Waals surface area (Å²) in [6, 6.07) is 4.90. The lowest BCUT2D eigenvalue weighted by atomic mass is 10.1. The molecule has 4 amide bonds. The maximum absolute atomic E-state index is 13.6. The zero-order valence-electron chi connectivity index (χ0n) is 12.7. The third kappa shape index (κ3) is 3.04. The van der Waals surface area contributed by atoms with E-state index in [1.165, 1.54) is 12.1 Å². The van der Waals surface area contributed by atoms with E-state index >= 15 is 0 Å². The van der Waals surface area contributed by atoms with Gasteiger partial charge in [0.2, 0.25) is 5.91 Å². The lowest BCUT2D eigenvalue weighted by molar-refractivity contribution is -0.204.